The first kappa shape index (κ1) is 20.8. The minimum absolute atomic E-state index is 0. The summed E-state index contributed by atoms with van der Waals surface area (Å²) in [6, 6.07) is 15.8. The van der Waals surface area contributed by atoms with Gasteiger partial charge in [-0.3, -0.25) is 4.99 Å². The van der Waals surface area contributed by atoms with Crippen molar-refractivity contribution in [2.45, 2.75) is 19.3 Å². The van der Waals surface area contributed by atoms with Gasteiger partial charge in [0.2, 0.25) is 0 Å². The first-order valence-corrected chi connectivity index (χ1v) is 8.17. The van der Waals surface area contributed by atoms with Crippen molar-refractivity contribution < 1.29 is 4.74 Å². The van der Waals surface area contributed by atoms with Gasteiger partial charge in [-0.05, 0) is 29.8 Å². The van der Waals surface area contributed by atoms with E-state index in [1.54, 1.807) is 7.11 Å². The summed E-state index contributed by atoms with van der Waals surface area (Å²) >= 11 is 3.51. The van der Waals surface area contributed by atoms with Crippen LogP contribution in [-0.2, 0) is 5.41 Å². The van der Waals surface area contributed by atoms with E-state index in [4.69, 9.17) is 10.5 Å². The maximum absolute atomic E-state index is 6.00. The van der Waals surface area contributed by atoms with E-state index in [1.807, 2.05) is 36.4 Å². The second-order valence-electron chi connectivity index (χ2n) is 5.95. The number of halogens is 2. The van der Waals surface area contributed by atoms with Gasteiger partial charge in [0.05, 0.1) is 13.7 Å². The van der Waals surface area contributed by atoms with E-state index in [9.17, 15) is 0 Å². The standard InChI is InChI=1S/C18H22BrN3O.HI/c1-18(2,13-6-4-7-14(19)10-13)12-21-17(20)22-15-8-5-9-16(11-15)23-3;/h4-11H,12H2,1-3H3,(H3,20,21,22);1H. The van der Waals surface area contributed by atoms with Crippen molar-refractivity contribution >= 4 is 51.6 Å². The molecule has 0 aromatic heterocycles. The number of guanidine groups is 1. The van der Waals surface area contributed by atoms with Gasteiger partial charge in [0, 0.05) is 21.6 Å². The van der Waals surface area contributed by atoms with Gasteiger partial charge in [-0.1, -0.05) is 48.0 Å². The first-order valence-electron chi connectivity index (χ1n) is 7.38. The van der Waals surface area contributed by atoms with E-state index in [0.717, 1.165) is 15.9 Å². The molecule has 0 aliphatic carbocycles. The fourth-order valence-corrected chi connectivity index (χ4v) is 2.57. The predicted octanol–water partition coefficient (Wildman–Crippen LogP) is 4.78. The Balaban J connectivity index is 0.00000288. The summed E-state index contributed by atoms with van der Waals surface area (Å²) in [5.74, 6) is 1.17. The molecule has 3 N–H and O–H groups in total. The maximum Gasteiger partial charge on any atom is 0.193 e. The van der Waals surface area contributed by atoms with Crippen molar-refractivity contribution in [2.24, 2.45) is 10.7 Å². The summed E-state index contributed by atoms with van der Waals surface area (Å²) in [5.41, 5.74) is 7.96. The lowest BCUT2D eigenvalue weighted by Gasteiger charge is -2.23. The Hall–Kier alpha value is -1.28. The van der Waals surface area contributed by atoms with Crippen LogP contribution in [0.1, 0.15) is 19.4 Å². The molecule has 0 bridgehead atoms. The molecule has 6 heteroatoms. The first-order chi connectivity index (χ1) is 10.9. The molecule has 4 nitrogen and oxygen atoms in total. The Morgan fingerprint density at radius 3 is 2.58 bits per heavy atom. The van der Waals surface area contributed by atoms with E-state index in [0.29, 0.717) is 12.5 Å². The number of nitrogens with two attached hydrogens (primary N) is 1. The van der Waals surface area contributed by atoms with Gasteiger partial charge in [0.1, 0.15) is 5.75 Å². The monoisotopic (exact) mass is 503 g/mol. The SMILES string of the molecule is COc1cccc(NC(N)=NCC(C)(C)c2cccc(Br)c2)c1.I. The van der Waals surface area contributed by atoms with Gasteiger partial charge in [-0.2, -0.15) is 0 Å². The number of hydrogen-bond acceptors (Lipinski definition) is 2. The van der Waals surface area contributed by atoms with Crippen molar-refractivity contribution in [3.63, 3.8) is 0 Å². The molecule has 0 aliphatic rings. The normalized spacial score (nSPS) is 11.6. The van der Waals surface area contributed by atoms with E-state index in [-0.39, 0.29) is 29.4 Å². The predicted molar refractivity (Wildman–Crippen MR) is 116 cm³/mol. The number of benzene rings is 2. The third-order valence-corrected chi connectivity index (χ3v) is 4.09. The molecule has 2 aromatic rings. The molecule has 2 rings (SSSR count). The zero-order valence-corrected chi connectivity index (χ0v) is 18.0. The van der Waals surface area contributed by atoms with E-state index >= 15 is 0 Å². The summed E-state index contributed by atoms with van der Waals surface area (Å²) in [4.78, 5) is 4.48. The van der Waals surface area contributed by atoms with Crippen LogP contribution in [0, 0.1) is 0 Å². The van der Waals surface area contributed by atoms with Gasteiger partial charge >= 0.3 is 0 Å². The molecule has 24 heavy (non-hydrogen) atoms. The lowest BCUT2D eigenvalue weighted by Crippen LogP contribution is -2.27. The largest absolute Gasteiger partial charge is 0.497 e. The van der Waals surface area contributed by atoms with Crippen LogP contribution in [0.25, 0.3) is 0 Å². The third-order valence-electron chi connectivity index (χ3n) is 3.59. The van der Waals surface area contributed by atoms with Gasteiger partial charge in [0.25, 0.3) is 0 Å². The minimum Gasteiger partial charge on any atom is -0.497 e. The van der Waals surface area contributed by atoms with Crippen LogP contribution >= 0.6 is 39.9 Å². The highest BCUT2D eigenvalue weighted by Crippen LogP contribution is 2.26. The lowest BCUT2D eigenvalue weighted by atomic mass is 9.85. The number of rotatable bonds is 5. The molecule has 0 fully saturated rings. The maximum atomic E-state index is 6.00. The number of nitrogens with zero attached hydrogens (tertiary/aromatic N) is 1. The Morgan fingerprint density at radius 2 is 1.92 bits per heavy atom. The van der Waals surface area contributed by atoms with Gasteiger partial charge in [0.15, 0.2) is 5.96 Å². The van der Waals surface area contributed by atoms with E-state index < -0.39 is 0 Å². The smallest absolute Gasteiger partial charge is 0.193 e. The van der Waals surface area contributed by atoms with Gasteiger partial charge in [-0.25, -0.2) is 0 Å². The van der Waals surface area contributed by atoms with Crippen LogP contribution in [0.15, 0.2) is 58.0 Å². The summed E-state index contributed by atoms with van der Waals surface area (Å²) < 4.78 is 6.26. The quantitative estimate of drug-likeness (QED) is 0.350. The number of methoxy groups -OCH3 is 1. The highest BCUT2D eigenvalue weighted by Gasteiger charge is 2.20. The van der Waals surface area contributed by atoms with Crippen LogP contribution in [0.4, 0.5) is 5.69 Å². The fourth-order valence-electron chi connectivity index (χ4n) is 2.17. The summed E-state index contributed by atoms with van der Waals surface area (Å²) in [7, 11) is 1.64. The average molecular weight is 504 g/mol. The van der Waals surface area contributed by atoms with Crippen molar-refractivity contribution in [1.82, 2.24) is 0 Å². The van der Waals surface area contributed by atoms with Crippen molar-refractivity contribution in [3.05, 3.63) is 58.6 Å². The van der Waals surface area contributed by atoms with Gasteiger partial charge < -0.3 is 15.8 Å². The summed E-state index contributed by atoms with van der Waals surface area (Å²) in [6.45, 7) is 4.89. The van der Waals surface area contributed by atoms with Crippen molar-refractivity contribution in [1.29, 1.82) is 0 Å². The Morgan fingerprint density at radius 1 is 1.21 bits per heavy atom. The zero-order valence-electron chi connectivity index (χ0n) is 14.0. The lowest BCUT2D eigenvalue weighted by molar-refractivity contribution is 0.415. The van der Waals surface area contributed by atoms with E-state index in [1.165, 1.54) is 5.56 Å². The highest BCUT2D eigenvalue weighted by atomic mass is 127. The molecule has 0 atom stereocenters. The van der Waals surface area contributed by atoms with E-state index in [2.05, 4.69) is 52.2 Å². The van der Waals surface area contributed by atoms with Gasteiger partial charge in [-0.15, -0.1) is 24.0 Å². The molecule has 0 radical (unpaired) electrons. The van der Waals surface area contributed by atoms with Crippen LogP contribution in [0.3, 0.4) is 0 Å². The molecule has 0 unspecified atom stereocenters. The Bertz CT molecular complexity index is 704. The second-order valence-corrected chi connectivity index (χ2v) is 6.87. The van der Waals surface area contributed by atoms with Crippen molar-refractivity contribution in [2.75, 3.05) is 19.0 Å². The van der Waals surface area contributed by atoms with Crippen LogP contribution in [-0.4, -0.2) is 19.6 Å². The third kappa shape index (κ3) is 5.98. The van der Waals surface area contributed by atoms with Crippen LogP contribution < -0.4 is 15.8 Å². The Kier molecular flexibility index (Phi) is 8.02. The average Bonchev–Trinajstić information content (AvgIpc) is 2.53. The molecule has 0 amide bonds. The zero-order chi connectivity index (χ0) is 16.9. The Labute approximate surface area is 169 Å². The summed E-state index contributed by atoms with van der Waals surface area (Å²) in [5, 5.41) is 3.09. The minimum atomic E-state index is -0.107. The molecule has 2 aromatic carbocycles. The second kappa shape index (κ2) is 9.27. The molecule has 0 heterocycles. The van der Waals surface area contributed by atoms with Crippen LogP contribution in [0.2, 0.25) is 0 Å². The number of hydrogen-bond donors (Lipinski definition) is 2. The van der Waals surface area contributed by atoms with Crippen molar-refractivity contribution in [3.8, 4) is 5.75 Å². The molecule has 0 spiro atoms. The fraction of sp³-hybridized carbons (Fsp3) is 0.278. The van der Waals surface area contributed by atoms with Crippen LogP contribution in [0.5, 0.6) is 5.75 Å². The number of anilines is 1. The molecule has 0 aliphatic heterocycles. The molecule has 0 saturated heterocycles. The molecule has 0 saturated carbocycles. The highest BCUT2D eigenvalue weighted by molar-refractivity contribution is 14.0. The summed E-state index contributed by atoms with van der Waals surface area (Å²) in [6.07, 6.45) is 0. The molecular weight excluding hydrogens is 481 g/mol. The molecule has 130 valence electrons. The molecular formula is C18H23BrIN3O. The topological polar surface area (TPSA) is 59.6 Å². The number of aliphatic imine (C=N–C) groups is 1. The number of ether oxygens (including phenoxy) is 1. The number of nitrogens with one attached hydrogen (secondary N) is 1.